The van der Waals surface area contributed by atoms with E-state index in [-0.39, 0.29) is 23.8 Å². The van der Waals surface area contributed by atoms with Gasteiger partial charge in [-0.2, -0.15) is 5.10 Å². The largest absolute Gasteiger partial charge is 0.451 e. The lowest BCUT2D eigenvalue weighted by molar-refractivity contribution is -0.133. The Balaban J connectivity index is 2.63. The summed E-state index contributed by atoms with van der Waals surface area (Å²) in [7, 11) is 1.43. The van der Waals surface area contributed by atoms with E-state index < -0.39 is 5.97 Å². The smallest absolute Gasteiger partial charge is 0.359 e. The molecule has 0 aliphatic heterocycles. The van der Waals surface area contributed by atoms with Crippen molar-refractivity contribution in [2.75, 3.05) is 19.7 Å². The molecule has 0 unspecified atom stereocenters. The third-order valence-electron chi connectivity index (χ3n) is 2.69. The summed E-state index contributed by atoms with van der Waals surface area (Å²) in [5.74, 6) is -1.05. The summed E-state index contributed by atoms with van der Waals surface area (Å²) in [6.45, 7) is 7.94. The van der Waals surface area contributed by atoms with E-state index in [1.165, 1.54) is 24.1 Å². The van der Waals surface area contributed by atoms with Crippen molar-refractivity contribution in [3.05, 3.63) is 40.3 Å². The molecule has 0 N–H and O–H groups in total. The van der Waals surface area contributed by atoms with Gasteiger partial charge in [-0.1, -0.05) is 12.2 Å². The Kier molecular flexibility index (Phi) is 5.83. The third-order valence-corrected chi connectivity index (χ3v) is 2.69. The Labute approximate surface area is 122 Å². The molecule has 1 heterocycles. The second kappa shape index (κ2) is 7.37. The van der Waals surface area contributed by atoms with Crippen LogP contribution in [0, 0.1) is 0 Å². The van der Waals surface area contributed by atoms with Gasteiger partial charge >= 0.3 is 5.97 Å². The Morgan fingerprint density at radius 3 is 2.62 bits per heavy atom. The number of aryl methyl sites for hydroxylation is 1. The van der Waals surface area contributed by atoms with Crippen LogP contribution in [0.3, 0.4) is 0 Å². The first-order chi connectivity index (χ1) is 9.85. The van der Waals surface area contributed by atoms with Crippen molar-refractivity contribution in [1.29, 1.82) is 0 Å². The maximum Gasteiger partial charge on any atom is 0.359 e. The number of ether oxygens (including phenoxy) is 1. The van der Waals surface area contributed by atoms with E-state index in [1.54, 1.807) is 0 Å². The summed E-state index contributed by atoms with van der Waals surface area (Å²) < 4.78 is 5.94. The minimum atomic E-state index is -0.745. The number of likely N-dealkylation sites (N-methyl/N-ethyl adjacent to an activating group) is 1. The molecule has 114 valence electrons. The molecule has 0 aliphatic rings. The molecule has 0 aliphatic carbocycles. The van der Waals surface area contributed by atoms with E-state index in [1.807, 2.05) is 13.8 Å². The molecular formula is C14H19N3O4. The summed E-state index contributed by atoms with van der Waals surface area (Å²) in [5, 5.41) is 3.75. The highest BCUT2D eigenvalue weighted by molar-refractivity contribution is 5.89. The highest BCUT2D eigenvalue weighted by Crippen LogP contribution is 1.99. The SMILES string of the molecule is C=C(C)CN(CC)C(=O)COC(=O)c1ccc(=O)n(C)n1. The van der Waals surface area contributed by atoms with Crippen molar-refractivity contribution in [2.45, 2.75) is 13.8 Å². The first-order valence-electron chi connectivity index (χ1n) is 6.48. The van der Waals surface area contributed by atoms with Gasteiger partial charge in [0.25, 0.3) is 11.5 Å². The van der Waals surface area contributed by atoms with Gasteiger partial charge in [-0.3, -0.25) is 9.59 Å². The Morgan fingerprint density at radius 1 is 1.43 bits per heavy atom. The van der Waals surface area contributed by atoms with E-state index in [4.69, 9.17) is 4.74 Å². The van der Waals surface area contributed by atoms with Crippen LogP contribution in [0.5, 0.6) is 0 Å². The van der Waals surface area contributed by atoms with Crippen molar-refractivity contribution >= 4 is 11.9 Å². The molecule has 1 rings (SSSR count). The maximum atomic E-state index is 11.9. The summed E-state index contributed by atoms with van der Waals surface area (Å²) in [6.07, 6.45) is 0. The molecule has 0 atom stereocenters. The second-order valence-electron chi connectivity index (χ2n) is 4.62. The zero-order chi connectivity index (χ0) is 16.0. The molecule has 1 amide bonds. The predicted molar refractivity (Wildman–Crippen MR) is 76.8 cm³/mol. The number of esters is 1. The van der Waals surface area contributed by atoms with Gasteiger partial charge in [0.05, 0.1) is 0 Å². The average Bonchev–Trinajstić information content (AvgIpc) is 2.44. The third kappa shape index (κ3) is 4.87. The molecule has 0 fully saturated rings. The Morgan fingerprint density at radius 2 is 2.10 bits per heavy atom. The lowest BCUT2D eigenvalue weighted by Gasteiger charge is -2.20. The molecule has 1 aromatic rings. The highest BCUT2D eigenvalue weighted by atomic mass is 16.5. The molecule has 1 aromatic heterocycles. The van der Waals surface area contributed by atoms with Gasteiger partial charge in [0.15, 0.2) is 12.3 Å². The Hall–Kier alpha value is -2.44. The number of carbonyl (C=O) groups excluding carboxylic acids is 2. The van der Waals surface area contributed by atoms with Gasteiger partial charge in [-0.25, -0.2) is 9.48 Å². The van der Waals surface area contributed by atoms with Crippen LogP contribution in [-0.2, 0) is 16.6 Å². The molecule has 7 nitrogen and oxygen atoms in total. The summed E-state index contributed by atoms with van der Waals surface area (Å²) in [5.41, 5.74) is 0.491. The van der Waals surface area contributed by atoms with Crippen molar-refractivity contribution in [1.82, 2.24) is 14.7 Å². The van der Waals surface area contributed by atoms with Crippen LogP contribution in [-0.4, -0.2) is 46.3 Å². The van der Waals surface area contributed by atoms with Crippen molar-refractivity contribution < 1.29 is 14.3 Å². The molecule has 0 aromatic carbocycles. The number of hydrogen-bond donors (Lipinski definition) is 0. The molecule has 0 bridgehead atoms. The minimum Gasteiger partial charge on any atom is -0.451 e. The van der Waals surface area contributed by atoms with Gasteiger partial charge in [0, 0.05) is 26.2 Å². The molecular weight excluding hydrogens is 274 g/mol. The van der Waals surface area contributed by atoms with Gasteiger partial charge < -0.3 is 9.64 Å². The van der Waals surface area contributed by atoms with Crippen LogP contribution in [0.25, 0.3) is 0 Å². The summed E-state index contributed by atoms with van der Waals surface area (Å²) in [4.78, 5) is 36.4. The van der Waals surface area contributed by atoms with E-state index >= 15 is 0 Å². The van der Waals surface area contributed by atoms with E-state index in [9.17, 15) is 14.4 Å². The summed E-state index contributed by atoms with van der Waals surface area (Å²) >= 11 is 0. The summed E-state index contributed by atoms with van der Waals surface area (Å²) in [6, 6.07) is 2.48. The normalized spacial score (nSPS) is 10.0. The monoisotopic (exact) mass is 293 g/mol. The number of hydrogen-bond acceptors (Lipinski definition) is 5. The van der Waals surface area contributed by atoms with Crippen LogP contribution in [0.2, 0.25) is 0 Å². The van der Waals surface area contributed by atoms with Crippen LogP contribution in [0.15, 0.2) is 29.1 Å². The number of nitrogens with zero attached hydrogens (tertiary/aromatic N) is 3. The van der Waals surface area contributed by atoms with E-state index in [0.29, 0.717) is 13.1 Å². The standard InChI is InChI=1S/C14H19N3O4/c1-5-17(8-10(2)3)13(19)9-21-14(20)11-6-7-12(18)16(4)15-11/h6-7H,2,5,8-9H2,1,3-4H3. The fourth-order valence-corrected chi connectivity index (χ4v) is 1.61. The maximum absolute atomic E-state index is 11.9. The van der Waals surface area contributed by atoms with Crippen molar-refractivity contribution in [3.63, 3.8) is 0 Å². The number of rotatable bonds is 6. The van der Waals surface area contributed by atoms with Crippen molar-refractivity contribution in [2.24, 2.45) is 7.05 Å². The molecule has 21 heavy (non-hydrogen) atoms. The van der Waals surface area contributed by atoms with Crippen LogP contribution >= 0.6 is 0 Å². The van der Waals surface area contributed by atoms with Crippen LogP contribution in [0.1, 0.15) is 24.3 Å². The topological polar surface area (TPSA) is 81.5 Å². The average molecular weight is 293 g/mol. The molecule has 7 heteroatoms. The van der Waals surface area contributed by atoms with E-state index in [2.05, 4.69) is 11.7 Å². The van der Waals surface area contributed by atoms with Gasteiger partial charge in [-0.05, 0) is 19.9 Å². The van der Waals surface area contributed by atoms with Gasteiger partial charge in [-0.15, -0.1) is 0 Å². The van der Waals surface area contributed by atoms with Gasteiger partial charge in [0.2, 0.25) is 0 Å². The van der Waals surface area contributed by atoms with Crippen LogP contribution in [0.4, 0.5) is 0 Å². The molecule has 0 saturated carbocycles. The quantitative estimate of drug-likeness (QED) is 0.559. The van der Waals surface area contributed by atoms with Crippen LogP contribution < -0.4 is 5.56 Å². The molecule has 0 spiro atoms. The second-order valence-corrected chi connectivity index (χ2v) is 4.62. The Bertz CT molecular complexity index is 606. The number of aromatic nitrogens is 2. The first-order valence-corrected chi connectivity index (χ1v) is 6.48. The van der Waals surface area contributed by atoms with E-state index in [0.717, 1.165) is 10.3 Å². The highest BCUT2D eigenvalue weighted by Gasteiger charge is 2.16. The minimum absolute atomic E-state index is 0.0205. The first kappa shape index (κ1) is 16.6. The van der Waals surface area contributed by atoms with Gasteiger partial charge in [0.1, 0.15) is 0 Å². The lowest BCUT2D eigenvalue weighted by atomic mass is 10.3. The van der Waals surface area contributed by atoms with Crippen molar-refractivity contribution in [3.8, 4) is 0 Å². The lowest BCUT2D eigenvalue weighted by Crippen LogP contribution is -2.35. The molecule has 0 radical (unpaired) electrons. The fraction of sp³-hybridized carbons (Fsp3) is 0.429. The predicted octanol–water partition coefficient (Wildman–Crippen LogP) is 0.362. The molecule has 0 saturated heterocycles. The zero-order valence-corrected chi connectivity index (χ0v) is 12.5. The zero-order valence-electron chi connectivity index (χ0n) is 12.5. The fourth-order valence-electron chi connectivity index (χ4n) is 1.61. The number of carbonyl (C=O) groups is 2. The number of amides is 1.